The van der Waals surface area contributed by atoms with Crippen LogP contribution in [0, 0.1) is 11.3 Å². The minimum absolute atomic E-state index is 0.417. The highest BCUT2D eigenvalue weighted by Crippen LogP contribution is 2.23. The van der Waals surface area contributed by atoms with Gasteiger partial charge in [-0.25, -0.2) is 0 Å². The zero-order chi connectivity index (χ0) is 13.7. The smallest absolute Gasteiger partial charge is 0.142 e. The van der Waals surface area contributed by atoms with Crippen molar-refractivity contribution in [3.8, 4) is 17.6 Å². The van der Waals surface area contributed by atoms with Crippen molar-refractivity contribution < 1.29 is 9.47 Å². The van der Waals surface area contributed by atoms with Crippen molar-refractivity contribution in [2.45, 2.75) is 6.61 Å². The molecule has 0 atom stereocenters. The molecule has 2 aromatic rings. The van der Waals surface area contributed by atoms with Gasteiger partial charge in [0.25, 0.3) is 0 Å². The van der Waals surface area contributed by atoms with E-state index < -0.39 is 0 Å². The molecule has 0 amide bonds. The van der Waals surface area contributed by atoms with Gasteiger partial charge in [-0.05, 0) is 35.9 Å². The highest BCUT2D eigenvalue weighted by Gasteiger charge is 2.02. The minimum Gasteiger partial charge on any atom is -0.497 e. The van der Waals surface area contributed by atoms with Crippen molar-refractivity contribution in [2.24, 2.45) is 0 Å². The first-order valence-corrected chi connectivity index (χ1v) is 5.78. The molecule has 0 heterocycles. The summed E-state index contributed by atoms with van der Waals surface area (Å²) in [5.41, 5.74) is 7.82. The van der Waals surface area contributed by atoms with Gasteiger partial charge in [-0.3, -0.25) is 0 Å². The number of nitrogens with zero attached hydrogens (tertiary/aromatic N) is 1. The van der Waals surface area contributed by atoms with Gasteiger partial charge in [0.05, 0.1) is 24.4 Å². The van der Waals surface area contributed by atoms with Crippen LogP contribution in [0.3, 0.4) is 0 Å². The van der Waals surface area contributed by atoms with Crippen LogP contribution in [0.4, 0.5) is 5.69 Å². The van der Waals surface area contributed by atoms with Crippen molar-refractivity contribution in [1.29, 1.82) is 5.26 Å². The summed E-state index contributed by atoms with van der Waals surface area (Å²) >= 11 is 0. The standard InChI is InChI=1S/C15H14N2O2/c1-18-13-5-2-11(3-6-13)10-19-15-7-4-12(9-16)8-14(15)17/h2-8H,10,17H2,1H3. The average molecular weight is 254 g/mol. The Labute approximate surface area is 112 Å². The number of rotatable bonds is 4. The van der Waals surface area contributed by atoms with Crippen LogP contribution in [0.2, 0.25) is 0 Å². The van der Waals surface area contributed by atoms with Crippen LogP contribution in [0.15, 0.2) is 42.5 Å². The Balaban J connectivity index is 2.04. The summed E-state index contributed by atoms with van der Waals surface area (Å²) in [7, 11) is 1.63. The number of hydrogen-bond acceptors (Lipinski definition) is 4. The first kappa shape index (κ1) is 12.8. The Morgan fingerprint density at radius 2 is 1.89 bits per heavy atom. The van der Waals surface area contributed by atoms with E-state index in [0.29, 0.717) is 23.6 Å². The number of nitriles is 1. The monoisotopic (exact) mass is 254 g/mol. The predicted molar refractivity (Wildman–Crippen MR) is 72.9 cm³/mol. The molecule has 0 bridgehead atoms. The second-order valence-electron chi connectivity index (χ2n) is 4.00. The number of nitrogen functional groups attached to an aromatic ring is 1. The first-order chi connectivity index (χ1) is 9.22. The van der Waals surface area contributed by atoms with E-state index in [1.54, 1.807) is 25.3 Å². The van der Waals surface area contributed by atoms with E-state index in [2.05, 4.69) is 0 Å². The molecule has 19 heavy (non-hydrogen) atoms. The van der Waals surface area contributed by atoms with Gasteiger partial charge in [0.2, 0.25) is 0 Å². The lowest BCUT2D eigenvalue weighted by molar-refractivity contribution is 0.307. The average Bonchev–Trinajstić information content (AvgIpc) is 2.46. The topological polar surface area (TPSA) is 68.3 Å². The van der Waals surface area contributed by atoms with Crippen molar-refractivity contribution in [3.63, 3.8) is 0 Å². The summed E-state index contributed by atoms with van der Waals surface area (Å²) in [6, 6.07) is 14.6. The zero-order valence-electron chi connectivity index (χ0n) is 10.6. The van der Waals surface area contributed by atoms with Crippen LogP contribution in [-0.2, 0) is 6.61 Å². The molecule has 2 aromatic carbocycles. The normalized spacial score (nSPS) is 9.68. The Bertz CT molecular complexity index is 601. The van der Waals surface area contributed by atoms with E-state index in [9.17, 15) is 0 Å². The number of nitrogens with two attached hydrogens (primary N) is 1. The Hall–Kier alpha value is -2.67. The zero-order valence-corrected chi connectivity index (χ0v) is 10.6. The fourth-order valence-electron chi connectivity index (χ4n) is 1.63. The molecule has 0 fully saturated rings. The maximum absolute atomic E-state index is 8.75. The molecule has 0 aliphatic rings. The molecular weight excluding hydrogens is 240 g/mol. The summed E-state index contributed by atoms with van der Waals surface area (Å²) in [6.07, 6.45) is 0. The third kappa shape index (κ3) is 3.17. The van der Waals surface area contributed by atoms with E-state index in [0.717, 1.165) is 11.3 Å². The lowest BCUT2D eigenvalue weighted by Gasteiger charge is -2.09. The largest absolute Gasteiger partial charge is 0.497 e. The van der Waals surface area contributed by atoms with Gasteiger partial charge in [0, 0.05) is 0 Å². The van der Waals surface area contributed by atoms with Gasteiger partial charge in [-0.1, -0.05) is 12.1 Å². The van der Waals surface area contributed by atoms with Crippen molar-refractivity contribution in [1.82, 2.24) is 0 Å². The quantitative estimate of drug-likeness (QED) is 0.852. The van der Waals surface area contributed by atoms with Crippen LogP contribution in [0.1, 0.15) is 11.1 Å². The molecule has 0 saturated carbocycles. The summed E-state index contributed by atoms with van der Waals surface area (Å²) in [5, 5.41) is 8.75. The summed E-state index contributed by atoms with van der Waals surface area (Å²) in [5.74, 6) is 1.39. The third-order valence-electron chi connectivity index (χ3n) is 2.69. The molecule has 4 heteroatoms. The molecule has 0 spiro atoms. The van der Waals surface area contributed by atoms with Crippen molar-refractivity contribution in [2.75, 3.05) is 12.8 Å². The summed E-state index contributed by atoms with van der Waals surface area (Å²) in [4.78, 5) is 0. The number of methoxy groups -OCH3 is 1. The molecular formula is C15H14N2O2. The number of hydrogen-bond donors (Lipinski definition) is 1. The Kier molecular flexibility index (Phi) is 3.89. The predicted octanol–water partition coefficient (Wildman–Crippen LogP) is 2.73. The molecule has 2 N–H and O–H groups in total. The van der Waals surface area contributed by atoms with Crippen LogP contribution in [-0.4, -0.2) is 7.11 Å². The fourth-order valence-corrected chi connectivity index (χ4v) is 1.63. The Morgan fingerprint density at radius 1 is 1.16 bits per heavy atom. The van der Waals surface area contributed by atoms with E-state index >= 15 is 0 Å². The van der Waals surface area contributed by atoms with Gasteiger partial charge >= 0.3 is 0 Å². The lowest BCUT2D eigenvalue weighted by atomic mass is 10.2. The van der Waals surface area contributed by atoms with E-state index in [1.807, 2.05) is 30.3 Å². The number of ether oxygens (including phenoxy) is 2. The summed E-state index contributed by atoms with van der Waals surface area (Å²) < 4.78 is 10.7. The van der Waals surface area contributed by atoms with E-state index in [4.69, 9.17) is 20.5 Å². The maximum atomic E-state index is 8.75. The fraction of sp³-hybridized carbons (Fsp3) is 0.133. The Morgan fingerprint density at radius 3 is 2.47 bits per heavy atom. The SMILES string of the molecule is COc1ccc(COc2ccc(C#N)cc2N)cc1. The third-order valence-corrected chi connectivity index (χ3v) is 2.69. The van der Waals surface area contributed by atoms with Gasteiger partial charge in [0.1, 0.15) is 18.1 Å². The molecule has 0 saturated heterocycles. The minimum atomic E-state index is 0.417. The van der Waals surface area contributed by atoms with Gasteiger partial charge in [-0.2, -0.15) is 5.26 Å². The van der Waals surface area contributed by atoms with E-state index in [-0.39, 0.29) is 0 Å². The molecule has 0 aliphatic heterocycles. The van der Waals surface area contributed by atoms with Gasteiger partial charge < -0.3 is 15.2 Å². The summed E-state index contributed by atoms with van der Waals surface area (Å²) in [6.45, 7) is 0.417. The first-order valence-electron chi connectivity index (χ1n) is 5.78. The van der Waals surface area contributed by atoms with E-state index in [1.165, 1.54) is 0 Å². The van der Waals surface area contributed by atoms with Gasteiger partial charge in [0.15, 0.2) is 0 Å². The highest BCUT2D eigenvalue weighted by molar-refractivity contribution is 5.56. The molecule has 0 radical (unpaired) electrons. The molecule has 4 nitrogen and oxygen atoms in total. The molecule has 0 aromatic heterocycles. The number of anilines is 1. The van der Waals surface area contributed by atoms with Crippen LogP contribution < -0.4 is 15.2 Å². The second kappa shape index (κ2) is 5.78. The molecule has 96 valence electrons. The van der Waals surface area contributed by atoms with Gasteiger partial charge in [-0.15, -0.1) is 0 Å². The second-order valence-corrected chi connectivity index (χ2v) is 4.00. The van der Waals surface area contributed by atoms with Crippen molar-refractivity contribution in [3.05, 3.63) is 53.6 Å². The lowest BCUT2D eigenvalue weighted by Crippen LogP contribution is -1.99. The number of benzene rings is 2. The van der Waals surface area contributed by atoms with Crippen LogP contribution in [0.5, 0.6) is 11.5 Å². The molecule has 0 aliphatic carbocycles. The highest BCUT2D eigenvalue weighted by atomic mass is 16.5. The van der Waals surface area contributed by atoms with Crippen LogP contribution >= 0.6 is 0 Å². The molecule has 2 rings (SSSR count). The van der Waals surface area contributed by atoms with Crippen molar-refractivity contribution >= 4 is 5.69 Å². The maximum Gasteiger partial charge on any atom is 0.142 e. The van der Waals surface area contributed by atoms with Crippen LogP contribution in [0.25, 0.3) is 0 Å². The molecule has 0 unspecified atom stereocenters.